The van der Waals surface area contributed by atoms with Crippen LogP contribution in [-0.2, 0) is 0 Å². The molecular formula is C21H18N8O2. The first kappa shape index (κ1) is 18.7. The molecular weight excluding hydrogens is 396 g/mol. The minimum atomic E-state index is -0.233. The zero-order valence-corrected chi connectivity index (χ0v) is 16.6. The van der Waals surface area contributed by atoms with Crippen LogP contribution in [0.1, 0.15) is 23.8 Å². The third kappa shape index (κ3) is 3.78. The number of allylic oxidation sites excluding steroid dienone is 1. The van der Waals surface area contributed by atoms with E-state index in [1.807, 2.05) is 43.5 Å². The van der Waals surface area contributed by atoms with Crippen molar-refractivity contribution in [1.82, 2.24) is 35.0 Å². The molecule has 10 nitrogen and oxygen atoms in total. The van der Waals surface area contributed by atoms with Gasteiger partial charge in [-0.3, -0.25) is 9.20 Å². The summed E-state index contributed by atoms with van der Waals surface area (Å²) in [4.78, 5) is 21.4. The van der Waals surface area contributed by atoms with Gasteiger partial charge >= 0.3 is 0 Å². The number of carbonyl (C=O) groups is 1. The molecule has 10 heteroatoms. The number of carbonyl (C=O) groups excluding carboxylic acids is 1. The first-order valence-electron chi connectivity index (χ1n) is 9.68. The maximum Gasteiger partial charge on any atom is 0.280 e. The molecule has 4 heterocycles. The van der Waals surface area contributed by atoms with Gasteiger partial charge in [0, 0.05) is 18.1 Å². The molecule has 2 N–H and O–H groups in total. The zero-order chi connectivity index (χ0) is 21.2. The summed E-state index contributed by atoms with van der Waals surface area (Å²) < 4.78 is 7.00. The maximum absolute atomic E-state index is 12.8. The standard InChI is InChI=1S/C21H18N8O2/c1-13-7-8-14(24-21-26-20(31-28-21)15-5-4-9-23-27-15)11-16(13)25-19(30)17-12-22-18-6-2-3-10-29(17)18/h2-7,9-12,14H,8H2,1H3,(H,24,28)(H,25,30). The average Bonchev–Trinajstić information content (AvgIpc) is 3.44. The third-order valence-electron chi connectivity index (χ3n) is 4.90. The van der Waals surface area contributed by atoms with E-state index >= 15 is 0 Å². The van der Waals surface area contributed by atoms with Gasteiger partial charge in [-0.1, -0.05) is 12.1 Å². The second-order valence-electron chi connectivity index (χ2n) is 7.01. The molecule has 1 unspecified atom stereocenters. The summed E-state index contributed by atoms with van der Waals surface area (Å²) in [7, 11) is 0. The Balaban J connectivity index is 1.31. The molecule has 5 rings (SSSR count). The number of rotatable bonds is 5. The van der Waals surface area contributed by atoms with Crippen molar-refractivity contribution in [1.29, 1.82) is 0 Å². The van der Waals surface area contributed by atoms with Crippen LogP contribution >= 0.6 is 0 Å². The largest absolute Gasteiger partial charge is 0.345 e. The number of fused-ring (bicyclic) bond motifs is 1. The quantitative estimate of drug-likeness (QED) is 0.511. The number of nitrogens with zero attached hydrogens (tertiary/aromatic N) is 6. The molecule has 4 aromatic rings. The lowest BCUT2D eigenvalue weighted by atomic mass is 10.0. The molecule has 0 spiro atoms. The van der Waals surface area contributed by atoms with Gasteiger partial charge in [0.15, 0.2) is 5.69 Å². The highest BCUT2D eigenvalue weighted by molar-refractivity contribution is 5.94. The van der Waals surface area contributed by atoms with E-state index in [-0.39, 0.29) is 17.8 Å². The highest BCUT2D eigenvalue weighted by Crippen LogP contribution is 2.21. The van der Waals surface area contributed by atoms with Crippen LogP contribution in [0.2, 0.25) is 0 Å². The Bertz CT molecular complexity index is 1310. The lowest BCUT2D eigenvalue weighted by molar-refractivity contribution is 0.0960. The summed E-state index contributed by atoms with van der Waals surface area (Å²) in [5.74, 6) is 0.383. The molecule has 0 aromatic carbocycles. The van der Waals surface area contributed by atoms with E-state index in [0.29, 0.717) is 23.0 Å². The smallest absolute Gasteiger partial charge is 0.280 e. The summed E-state index contributed by atoms with van der Waals surface area (Å²) in [6.45, 7) is 1.96. The number of pyridine rings is 1. The van der Waals surface area contributed by atoms with E-state index in [1.54, 1.807) is 28.9 Å². The van der Waals surface area contributed by atoms with Crippen LogP contribution in [0.25, 0.3) is 17.2 Å². The van der Waals surface area contributed by atoms with Gasteiger partial charge in [-0.25, -0.2) is 4.98 Å². The first-order valence-corrected chi connectivity index (χ1v) is 9.68. The lowest BCUT2D eigenvalue weighted by Gasteiger charge is -2.21. The SMILES string of the molecule is CC1=CCC(Nc2noc(-c3cccnn3)n2)C=C1NC(=O)c1cnc2ccccn12. The fourth-order valence-corrected chi connectivity index (χ4v) is 3.31. The van der Waals surface area contributed by atoms with Gasteiger partial charge in [0.2, 0.25) is 0 Å². The number of anilines is 1. The molecule has 1 amide bonds. The monoisotopic (exact) mass is 414 g/mol. The van der Waals surface area contributed by atoms with Crippen LogP contribution in [0, 0.1) is 0 Å². The van der Waals surface area contributed by atoms with Crippen LogP contribution in [0.4, 0.5) is 5.95 Å². The zero-order valence-electron chi connectivity index (χ0n) is 16.6. The Morgan fingerprint density at radius 2 is 2.19 bits per heavy atom. The normalized spacial score (nSPS) is 16.0. The Labute approximate surface area is 176 Å². The van der Waals surface area contributed by atoms with Gasteiger partial charge < -0.3 is 15.2 Å². The number of hydrogen-bond donors (Lipinski definition) is 2. The summed E-state index contributed by atoms with van der Waals surface area (Å²) in [5, 5.41) is 17.9. The fraction of sp³-hybridized carbons (Fsp3) is 0.143. The number of aromatic nitrogens is 6. The molecule has 0 aliphatic heterocycles. The highest BCUT2D eigenvalue weighted by Gasteiger charge is 2.19. The lowest BCUT2D eigenvalue weighted by Crippen LogP contribution is -2.29. The number of amides is 1. The van der Waals surface area contributed by atoms with Crippen molar-refractivity contribution in [2.45, 2.75) is 19.4 Å². The van der Waals surface area contributed by atoms with Crippen LogP contribution < -0.4 is 10.6 Å². The fourth-order valence-electron chi connectivity index (χ4n) is 3.31. The number of nitrogens with one attached hydrogen (secondary N) is 2. The summed E-state index contributed by atoms with van der Waals surface area (Å²) in [6.07, 6.45) is 9.65. The predicted octanol–water partition coefficient (Wildman–Crippen LogP) is 2.62. The Morgan fingerprint density at radius 3 is 3.06 bits per heavy atom. The Morgan fingerprint density at radius 1 is 1.26 bits per heavy atom. The van der Waals surface area contributed by atoms with E-state index in [2.05, 4.69) is 36.0 Å². The molecule has 1 atom stereocenters. The first-order chi connectivity index (χ1) is 15.2. The molecule has 0 fully saturated rings. The third-order valence-corrected chi connectivity index (χ3v) is 4.90. The van der Waals surface area contributed by atoms with Crippen LogP contribution in [0.15, 0.2) is 76.9 Å². The highest BCUT2D eigenvalue weighted by atomic mass is 16.5. The molecule has 154 valence electrons. The van der Waals surface area contributed by atoms with Gasteiger partial charge in [-0.2, -0.15) is 10.1 Å². The topological polar surface area (TPSA) is 123 Å². The van der Waals surface area contributed by atoms with E-state index < -0.39 is 0 Å². The second-order valence-corrected chi connectivity index (χ2v) is 7.01. The van der Waals surface area contributed by atoms with Crippen molar-refractivity contribution in [2.24, 2.45) is 0 Å². The molecule has 0 saturated carbocycles. The van der Waals surface area contributed by atoms with Gasteiger partial charge in [0.25, 0.3) is 17.7 Å². The van der Waals surface area contributed by atoms with Crippen LogP contribution in [-0.4, -0.2) is 41.7 Å². The van der Waals surface area contributed by atoms with Crippen LogP contribution in [0.3, 0.4) is 0 Å². The predicted molar refractivity (Wildman–Crippen MR) is 112 cm³/mol. The van der Waals surface area contributed by atoms with Crippen molar-refractivity contribution in [3.63, 3.8) is 0 Å². The summed E-state index contributed by atoms with van der Waals surface area (Å²) >= 11 is 0. The number of hydrogen-bond acceptors (Lipinski definition) is 8. The number of imidazole rings is 1. The van der Waals surface area contributed by atoms with E-state index in [4.69, 9.17) is 4.52 Å². The van der Waals surface area contributed by atoms with E-state index in [1.165, 1.54) is 0 Å². The molecule has 0 radical (unpaired) electrons. The second kappa shape index (κ2) is 7.82. The average molecular weight is 414 g/mol. The molecule has 0 bridgehead atoms. The van der Waals surface area contributed by atoms with Crippen LogP contribution in [0.5, 0.6) is 0 Å². The van der Waals surface area contributed by atoms with Crippen molar-refractivity contribution >= 4 is 17.5 Å². The van der Waals surface area contributed by atoms with Crippen molar-refractivity contribution in [3.8, 4) is 11.6 Å². The van der Waals surface area contributed by atoms with Gasteiger partial charge in [-0.15, -0.1) is 5.10 Å². The Kier molecular flexibility index (Phi) is 4.71. The minimum absolute atomic E-state index is 0.117. The molecule has 4 aromatic heterocycles. The summed E-state index contributed by atoms with van der Waals surface area (Å²) in [6, 6.07) is 8.96. The summed E-state index contributed by atoms with van der Waals surface area (Å²) in [5.41, 5.74) is 3.38. The maximum atomic E-state index is 12.8. The minimum Gasteiger partial charge on any atom is -0.345 e. The molecule has 31 heavy (non-hydrogen) atoms. The van der Waals surface area contributed by atoms with Gasteiger partial charge in [0.05, 0.1) is 12.2 Å². The molecule has 1 aliphatic rings. The van der Waals surface area contributed by atoms with Crippen molar-refractivity contribution in [2.75, 3.05) is 5.32 Å². The van der Waals surface area contributed by atoms with Gasteiger partial charge in [0.1, 0.15) is 11.3 Å². The van der Waals surface area contributed by atoms with Crippen molar-refractivity contribution < 1.29 is 9.32 Å². The Hall–Kier alpha value is -4.34. The molecule has 0 saturated heterocycles. The van der Waals surface area contributed by atoms with Crippen molar-refractivity contribution in [3.05, 3.63) is 78.0 Å². The van der Waals surface area contributed by atoms with E-state index in [0.717, 1.165) is 17.7 Å². The molecule has 1 aliphatic carbocycles. The van der Waals surface area contributed by atoms with E-state index in [9.17, 15) is 4.79 Å². The van der Waals surface area contributed by atoms with Gasteiger partial charge in [-0.05, 0) is 54.4 Å².